The number of hydrogen-bond donors (Lipinski definition) is 2. The van der Waals surface area contributed by atoms with E-state index in [-0.39, 0.29) is 31.0 Å². The number of fused-ring (bicyclic) bond motifs is 3. The van der Waals surface area contributed by atoms with Crippen molar-refractivity contribution >= 4 is 52.0 Å². The predicted molar refractivity (Wildman–Crippen MR) is 231 cm³/mol. The Balaban J connectivity index is 0.754. The van der Waals surface area contributed by atoms with Crippen LogP contribution >= 0.6 is 0 Å². The lowest BCUT2D eigenvalue weighted by Crippen LogP contribution is -2.54. The van der Waals surface area contributed by atoms with Gasteiger partial charge in [0.1, 0.15) is 11.4 Å². The number of allylic oxidation sites excluding steroid dienone is 1. The fourth-order valence-corrected chi connectivity index (χ4v) is 10.1. The molecule has 7 heterocycles. The monoisotopic (exact) mass is 836 g/mol. The molecular formula is C46H48N10O6. The fraction of sp³-hybridized carbons (Fsp3) is 0.391. The predicted octanol–water partition coefficient (Wildman–Crippen LogP) is 4.79. The fourth-order valence-electron chi connectivity index (χ4n) is 10.1. The summed E-state index contributed by atoms with van der Waals surface area (Å²) in [5, 5.41) is 5.99. The molecule has 318 valence electrons. The molecule has 0 radical (unpaired) electrons. The molecule has 16 heteroatoms. The van der Waals surface area contributed by atoms with Gasteiger partial charge in [0.05, 0.1) is 29.5 Å². The standard InChI is InChI=1S/C46H48N10O6/c1-3-20-54-43(59)35-26-47-46(51-41(35)56(54)38-14-7-29-6-13-37(62-2)40(29)49-38)48-30-8-4-27(5-9-30)28-16-21-52(22-17-28)31-18-23-53(24-19-31)32-10-11-33-34(25-32)45(61)55(44(33)60)36-12-15-39(57)50-42(36)58/h3-5,7-11,14,25-26,28,31,36-37H,1,6,12-13,15-24H2,2H3,(H,47,48,51)(H,50,57,58). The third-order valence-electron chi connectivity index (χ3n) is 13.4. The first-order valence-electron chi connectivity index (χ1n) is 21.5. The number of nitrogens with one attached hydrogen (secondary N) is 2. The Bertz CT molecular complexity index is 2690. The lowest BCUT2D eigenvalue weighted by atomic mass is 9.88. The van der Waals surface area contributed by atoms with Gasteiger partial charge in [0.15, 0.2) is 11.5 Å². The van der Waals surface area contributed by atoms with Crippen molar-refractivity contribution in [2.45, 2.75) is 82.0 Å². The number of piperidine rings is 3. The SMILES string of the molecule is C=CCn1c(=O)c2cnc(Nc3ccc(C4CCN(C5CCN(c6ccc7c(c6)C(=O)N(C6CCC(=O)NC6=O)C7=O)CC5)CC4)cc3)nc2n1-c1ccc2c(n1)C(OC)CC2. The first-order valence-corrected chi connectivity index (χ1v) is 21.5. The number of rotatable bonds is 10. The van der Waals surface area contributed by atoms with Crippen molar-refractivity contribution in [3.63, 3.8) is 0 Å². The lowest BCUT2D eigenvalue weighted by Gasteiger charge is -2.42. The van der Waals surface area contributed by atoms with Crippen molar-refractivity contribution in [3.05, 3.63) is 112 Å². The Kier molecular flexibility index (Phi) is 10.3. The van der Waals surface area contributed by atoms with Gasteiger partial charge in [0.25, 0.3) is 17.4 Å². The number of carbonyl (C=O) groups excluding carboxylic acids is 4. The second-order valence-electron chi connectivity index (χ2n) is 16.8. The number of hydrogen-bond acceptors (Lipinski definition) is 12. The highest BCUT2D eigenvalue weighted by atomic mass is 16.5. The summed E-state index contributed by atoms with van der Waals surface area (Å²) in [6.45, 7) is 7.87. The molecule has 1 aliphatic carbocycles. The van der Waals surface area contributed by atoms with Crippen molar-refractivity contribution in [2.24, 2.45) is 0 Å². The van der Waals surface area contributed by atoms with Gasteiger partial charge >= 0.3 is 0 Å². The number of anilines is 3. The number of benzene rings is 2. The van der Waals surface area contributed by atoms with Crippen LogP contribution in [0.25, 0.3) is 16.9 Å². The minimum atomic E-state index is -0.974. The molecule has 4 amide bonds. The van der Waals surface area contributed by atoms with Gasteiger partial charge in [-0.1, -0.05) is 24.3 Å². The van der Waals surface area contributed by atoms with Gasteiger partial charge in [-0.2, -0.15) is 4.98 Å². The number of pyridine rings is 1. The Morgan fingerprint density at radius 2 is 1.63 bits per heavy atom. The molecule has 2 N–H and O–H groups in total. The van der Waals surface area contributed by atoms with Crippen molar-refractivity contribution in [2.75, 3.05) is 43.5 Å². The smallest absolute Gasteiger partial charge is 0.278 e. The van der Waals surface area contributed by atoms with Gasteiger partial charge in [0.2, 0.25) is 17.8 Å². The molecule has 5 aromatic rings. The van der Waals surface area contributed by atoms with Crippen LogP contribution in [0.15, 0.2) is 78.2 Å². The first-order chi connectivity index (χ1) is 30.2. The third kappa shape index (κ3) is 6.96. The quantitative estimate of drug-likeness (QED) is 0.146. The third-order valence-corrected chi connectivity index (χ3v) is 13.4. The summed E-state index contributed by atoms with van der Waals surface area (Å²) >= 11 is 0. The van der Waals surface area contributed by atoms with E-state index in [2.05, 4.69) is 62.3 Å². The Morgan fingerprint density at radius 3 is 2.37 bits per heavy atom. The summed E-state index contributed by atoms with van der Waals surface area (Å²) < 4.78 is 9.02. The topological polar surface area (TPSA) is 177 Å². The molecule has 2 atom stereocenters. The average Bonchev–Trinajstić information content (AvgIpc) is 3.92. The van der Waals surface area contributed by atoms with E-state index in [0.29, 0.717) is 45.9 Å². The number of ether oxygens (including phenoxy) is 1. The largest absolute Gasteiger partial charge is 0.375 e. The molecule has 2 aromatic carbocycles. The lowest BCUT2D eigenvalue weighted by molar-refractivity contribution is -0.136. The number of imide groups is 2. The maximum atomic E-state index is 13.5. The molecule has 0 spiro atoms. The Labute approximate surface area is 357 Å². The molecule has 10 rings (SSSR count). The van der Waals surface area contributed by atoms with Crippen LogP contribution in [0.3, 0.4) is 0 Å². The molecule has 3 saturated heterocycles. The van der Waals surface area contributed by atoms with E-state index in [0.717, 1.165) is 92.2 Å². The number of aryl methyl sites for hydroxylation is 1. The Morgan fingerprint density at radius 1 is 0.855 bits per heavy atom. The molecular weight excluding hydrogens is 789 g/mol. The number of methoxy groups -OCH3 is 1. The van der Waals surface area contributed by atoms with Gasteiger partial charge < -0.3 is 19.9 Å². The summed E-state index contributed by atoms with van der Waals surface area (Å²) in [4.78, 5) is 84.4. The first kappa shape index (κ1) is 39.6. The highest BCUT2D eigenvalue weighted by molar-refractivity contribution is 6.23. The highest BCUT2D eigenvalue weighted by Gasteiger charge is 2.45. The van der Waals surface area contributed by atoms with Gasteiger partial charge in [-0.05, 0) is 111 Å². The van der Waals surface area contributed by atoms with E-state index in [4.69, 9.17) is 14.7 Å². The van der Waals surface area contributed by atoms with E-state index in [1.54, 1.807) is 40.9 Å². The van der Waals surface area contributed by atoms with Crippen LogP contribution in [-0.2, 0) is 27.3 Å². The summed E-state index contributed by atoms with van der Waals surface area (Å²) in [5.74, 6) is -0.547. The average molecular weight is 837 g/mol. The summed E-state index contributed by atoms with van der Waals surface area (Å²) in [6, 6.07) is 17.3. The molecule has 0 bridgehead atoms. The minimum Gasteiger partial charge on any atom is -0.375 e. The van der Waals surface area contributed by atoms with Crippen molar-refractivity contribution < 1.29 is 23.9 Å². The van der Waals surface area contributed by atoms with Crippen LogP contribution in [0, 0.1) is 0 Å². The van der Waals surface area contributed by atoms with E-state index in [1.165, 1.54) is 5.56 Å². The Hall–Kier alpha value is -6.52. The number of aromatic nitrogens is 5. The van der Waals surface area contributed by atoms with E-state index < -0.39 is 29.7 Å². The molecule has 0 saturated carbocycles. The molecule has 3 aromatic heterocycles. The second kappa shape index (κ2) is 16.1. The van der Waals surface area contributed by atoms with Crippen molar-refractivity contribution in [3.8, 4) is 5.82 Å². The zero-order valence-corrected chi connectivity index (χ0v) is 34.6. The normalized spacial score (nSPS) is 21.1. The number of amides is 4. The molecule has 16 nitrogen and oxygen atoms in total. The van der Waals surface area contributed by atoms with Gasteiger partial charge in [-0.3, -0.25) is 34.2 Å². The van der Waals surface area contributed by atoms with Gasteiger partial charge in [-0.25, -0.2) is 19.3 Å². The number of likely N-dealkylation sites (tertiary alicyclic amines) is 1. The van der Waals surface area contributed by atoms with Crippen LogP contribution < -0.4 is 21.1 Å². The van der Waals surface area contributed by atoms with Gasteiger partial charge in [-0.15, -0.1) is 6.58 Å². The van der Waals surface area contributed by atoms with E-state index in [9.17, 15) is 24.0 Å². The summed E-state index contributed by atoms with van der Waals surface area (Å²) in [5.41, 5.74) is 5.94. The van der Waals surface area contributed by atoms with E-state index in [1.807, 2.05) is 12.1 Å². The van der Waals surface area contributed by atoms with Crippen LogP contribution in [-0.4, -0.2) is 103 Å². The number of nitrogens with zero attached hydrogens (tertiary/aromatic N) is 8. The van der Waals surface area contributed by atoms with Crippen LogP contribution in [0.1, 0.15) is 94.5 Å². The van der Waals surface area contributed by atoms with Crippen LogP contribution in [0.5, 0.6) is 0 Å². The molecule has 2 unspecified atom stereocenters. The highest BCUT2D eigenvalue weighted by Crippen LogP contribution is 2.36. The molecule has 4 aliphatic heterocycles. The summed E-state index contributed by atoms with van der Waals surface area (Å²) in [6.07, 6.45) is 9.30. The van der Waals surface area contributed by atoms with Crippen LogP contribution in [0.4, 0.5) is 17.3 Å². The second-order valence-corrected chi connectivity index (χ2v) is 16.8. The molecule has 3 fully saturated rings. The number of carbonyl (C=O) groups is 4. The maximum absolute atomic E-state index is 13.5. The minimum absolute atomic E-state index is 0.0857. The van der Waals surface area contributed by atoms with Gasteiger partial charge in [0, 0.05) is 50.2 Å². The maximum Gasteiger partial charge on any atom is 0.278 e. The molecule has 5 aliphatic rings. The zero-order chi connectivity index (χ0) is 42.6. The van der Waals surface area contributed by atoms with E-state index >= 15 is 0 Å². The van der Waals surface area contributed by atoms with Crippen molar-refractivity contribution in [1.82, 2.24) is 39.4 Å². The molecule has 62 heavy (non-hydrogen) atoms. The van der Waals surface area contributed by atoms with Crippen molar-refractivity contribution in [1.29, 1.82) is 0 Å². The van der Waals surface area contributed by atoms with Crippen LogP contribution in [0.2, 0.25) is 0 Å². The summed E-state index contributed by atoms with van der Waals surface area (Å²) in [7, 11) is 1.69. The zero-order valence-electron chi connectivity index (χ0n) is 34.6.